The molecule has 0 saturated carbocycles. The minimum atomic E-state index is -0.788. The molecule has 3 heterocycles. The Bertz CT molecular complexity index is 6880. The van der Waals surface area contributed by atoms with Gasteiger partial charge in [-0.3, -0.25) is 0 Å². The van der Waals surface area contributed by atoms with Crippen molar-refractivity contribution in [1.29, 1.82) is 0 Å². The van der Waals surface area contributed by atoms with E-state index < -0.39 is 53.8 Å². The lowest BCUT2D eigenvalue weighted by Gasteiger charge is -2.45. The molecule has 3 nitrogen and oxygen atoms in total. The van der Waals surface area contributed by atoms with Crippen molar-refractivity contribution in [3.63, 3.8) is 0 Å². The van der Waals surface area contributed by atoms with Crippen molar-refractivity contribution < 1.29 is 11.0 Å². The first-order chi connectivity index (χ1) is 56.9. The van der Waals surface area contributed by atoms with Crippen LogP contribution in [-0.2, 0) is 10.8 Å². The van der Waals surface area contributed by atoms with Crippen LogP contribution in [0.4, 0.5) is 34.1 Å². The van der Waals surface area contributed by atoms with Crippen molar-refractivity contribution in [2.75, 3.05) is 9.80 Å². The lowest BCUT2D eigenvalue weighted by molar-refractivity contribution is 0.794. The SMILES string of the molecule is [2H]c1c([2H])c([2H])c2c(c1[2H])c1c([2H])c([2H])c([2H])c([2H])c1n2-c1cc2c3c(c1)N(c1cccc4c1-c1cc(-c5ccccc5)ccc1C41c4ccccc4-c4ccccc41)c1ccc(-c4ccccc4)cc1B3c1cc(-c3ccccc3)ccc1N2c1cccc2c1-c1cc(-c3ccccc3)ccc1C21c2ccccc2-c2ccccc21. The van der Waals surface area contributed by atoms with E-state index in [1.165, 1.54) is 44.5 Å². The molecule has 0 amide bonds. The van der Waals surface area contributed by atoms with Gasteiger partial charge < -0.3 is 14.4 Å². The van der Waals surface area contributed by atoms with Gasteiger partial charge in [-0.25, -0.2) is 0 Å². The Hall–Kier alpha value is -13.8. The van der Waals surface area contributed by atoms with Crippen molar-refractivity contribution in [3.05, 3.63) is 433 Å². The van der Waals surface area contributed by atoms with Gasteiger partial charge in [-0.05, 0) is 199 Å². The van der Waals surface area contributed by atoms with E-state index >= 15 is 0 Å². The number of aromatic nitrogens is 1. The molecule has 0 fully saturated rings. The van der Waals surface area contributed by atoms with Gasteiger partial charge in [0.1, 0.15) is 0 Å². The Balaban J connectivity index is 0.890. The predicted molar refractivity (Wildman–Crippen MR) is 449 cm³/mol. The van der Waals surface area contributed by atoms with Crippen LogP contribution in [0.3, 0.4) is 0 Å². The van der Waals surface area contributed by atoms with E-state index in [0.29, 0.717) is 5.69 Å². The van der Waals surface area contributed by atoms with E-state index in [0.717, 1.165) is 140 Å². The van der Waals surface area contributed by atoms with Crippen molar-refractivity contribution in [1.82, 2.24) is 4.57 Å². The molecule has 0 N–H and O–H groups in total. The second-order valence-electron chi connectivity index (χ2n) is 29.4. The maximum absolute atomic E-state index is 10.2. The molecule has 6 aliphatic rings. The highest BCUT2D eigenvalue weighted by Crippen LogP contribution is 2.68. The quantitative estimate of drug-likeness (QED) is 0.147. The van der Waals surface area contributed by atoms with Crippen LogP contribution in [0.5, 0.6) is 0 Å². The molecule has 0 bridgehead atoms. The first-order valence-corrected chi connectivity index (χ1v) is 37.2. The van der Waals surface area contributed by atoms with Crippen LogP contribution in [0.1, 0.15) is 55.5 Å². The summed E-state index contributed by atoms with van der Waals surface area (Å²) in [6, 6.07) is 120. The van der Waals surface area contributed by atoms with Crippen LogP contribution < -0.4 is 26.2 Å². The highest BCUT2D eigenvalue weighted by Gasteiger charge is 2.56. The average molecular weight is 1370 g/mol. The number of anilines is 6. The van der Waals surface area contributed by atoms with Crippen LogP contribution in [0.2, 0.25) is 0 Å². The lowest BCUT2D eigenvalue weighted by Crippen LogP contribution is -2.61. The molecule has 18 aromatic rings. The number of nitrogens with zero attached hydrogens (tertiary/aromatic N) is 3. The summed E-state index contributed by atoms with van der Waals surface area (Å²) < 4.78 is 79.8. The molecular weight excluding hydrogens is 1300 g/mol. The molecule has 0 atom stereocenters. The molecule has 4 aliphatic carbocycles. The van der Waals surface area contributed by atoms with Crippen LogP contribution in [0.25, 0.3) is 117 Å². The molecule has 24 rings (SSSR count). The van der Waals surface area contributed by atoms with Crippen molar-refractivity contribution in [2.24, 2.45) is 0 Å². The van der Waals surface area contributed by atoms with E-state index in [4.69, 9.17) is 0 Å². The van der Waals surface area contributed by atoms with Crippen LogP contribution in [0.15, 0.2) is 388 Å². The number of hydrogen-bond donors (Lipinski definition) is 0. The predicted octanol–water partition coefficient (Wildman–Crippen LogP) is 24.2. The van der Waals surface area contributed by atoms with Gasteiger partial charge in [-0.2, -0.15) is 0 Å². The largest absolute Gasteiger partial charge is 0.311 e. The van der Waals surface area contributed by atoms with E-state index in [9.17, 15) is 11.0 Å². The van der Waals surface area contributed by atoms with Gasteiger partial charge in [-0.1, -0.05) is 327 Å². The fraction of sp³-hybridized carbons (Fsp3) is 0.0192. The fourth-order valence-corrected chi connectivity index (χ4v) is 20.3. The van der Waals surface area contributed by atoms with Gasteiger partial charge in [0, 0.05) is 44.6 Å². The van der Waals surface area contributed by atoms with Gasteiger partial charge >= 0.3 is 0 Å². The Morgan fingerprint density at radius 3 is 0.954 bits per heavy atom. The highest BCUT2D eigenvalue weighted by molar-refractivity contribution is 7.00. The molecule has 498 valence electrons. The lowest BCUT2D eigenvalue weighted by atomic mass is 9.33. The standard InChI is InChI=1S/C104H64BN3/c1-5-27-65(28-6-1)69-51-55-86-80(59-69)100-88(103(86)82-41-19-13-35-74(82)75-36-14-20-42-83(75)103)45-25-49-96(100)107-94-57-53-71(67-31-9-3-10-32-67)61-90(94)105-91-62-72(68-33-11-4-12-34-68)54-58-95(91)108(99-64-73(63-98(107)102(99)105)106-92-47-23-17-39-78(92)79-40-18-24-48-93(79)106)97-50-26-46-89-101(97)81-60-70(66-29-7-2-8-30-66)52-56-87(81)104(89)84-43-21-15-37-76(84)77-38-16-22-44-85(77)104/h1-64H/i17D,18D,23D,24D,39D,40D,47D,48D. The van der Waals surface area contributed by atoms with E-state index in [-0.39, 0.29) is 33.9 Å². The first-order valence-electron chi connectivity index (χ1n) is 41.2. The molecule has 4 heteroatoms. The van der Waals surface area contributed by atoms with E-state index in [1.54, 1.807) is 4.57 Å². The molecule has 108 heavy (non-hydrogen) atoms. The summed E-state index contributed by atoms with van der Waals surface area (Å²) in [6.07, 6.45) is 0. The maximum Gasteiger partial charge on any atom is 0.252 e. The van der Waals surface area contributed by atoms with Gasteiger partial charge in [-0.15, -0.1) is 0 Å². The normalized spacial score (nSPS) is 15.1. The smallest absolute Gasteiger partial charge is 0.252 e. The zero-order valence-corrected chi connectivity index (χ0v) is 58.3. The van der Waals surface area contributed by atoms with Crippen molar-refractivity contribution in [2.45, 2.75) is 10.8 Å². The Morgan fingerprint density at radius 2 is 0.565 bits per heavy atom. The molecule has 17 aromatic carbocycles. The molecular formula is C104H64BN3. The second-order valence-corrected chi connectivity index (χ2v) is 29.4. The van der Waals surface area contributed by atoms with Crippen LogP contribution in [-0.4, -0.2) is 11.3 Å². The van der Waals surface area contributed by atoms with Crippen molar-refractivity contribution in [3.8, 4) is 94.7 Å². The average Bonchev–Trinajstić information content (AvgIpc) is 1.43. The third-order valence-corrected chi connectivity index (χ3v) is 24.4. The Kier molecular flexibility index (Phi) is 10.8. The summed E-state index contributed by atoms with van der Waals surface area (Å²) in [7, 11) is 0. The van der Waals surface area contributed by atoms with Gasteiger partial charge in [0.15, 0.2) is 0 Å². The molecule has 2 aliphatic heterocycles. The minimum Gasteiger partial charge on any atom is -0.311 e. The third-order valence-electron chi connectivity index (χ3n) is 24.4. The number of benzene rings is 17. The summed E-state index contributed by atoms with van der Waals surface area (Å²) in [6.45, 7) is -0.520. The zero-order chi connectivity index (χ0) is 77.5. The number of hydrogen-bond acceptors (Lipinski definition) is 2. The van der Waals surface area contributed by atoms with Crippen LogP contribution >= 0.6 is 0 Å². The number of rotatable bonds is 7. The fourth-order valence-electron chi connectivity index (χ4n) is 20.3. The monoisotopic (exact) mass is 1370 g/mol. The molecule has 0 radical (unpaired) electrons. The Labute approximate surface area is 638 Å². The summed E-state index contributed by atoms with van der Waals surface area (Å²) in [5.41, 5.74) is 33.8. The second kappa shape index (κ2) is 22.4. The van der Waals surface area contributed by atoms with E-state index in [2.05, 4.69) is 350 Å². The summed E-state index contributed by atoms with van der Waals surface area (Å²) in [5.74, 6) is 0. The van der Waals surface area contributed by atoms with E-state index in [1.807, 2.05) is 0 Å². The summed E-state index contributed by atoms with van der Waals surface area (Å²) in [4.78, 5) is 4.93. The molecule has 0 saturated heterocycles. The highest BCUT2D eigenvalue weighted by atomic mass is 15.2. The Morgan fingerprint density at radius 1 is 0.241 bits per heavy atom. The first kappa shape index (κ1) is 52.2. The van der Waals surface area contributed by atoms with Gasteiger partial charge in [0.25, 0.3) is 6.71 Å². The molecule has 1 aromatic heterocycles. The third kappa shape index (κ3) is 7.87. The van der Waals surface area contributed by atoms with Gasteiger partial charge in [0.2, 0.25) is 0 Å². The topological polar surface area (TPSA) is 11.4 Å². The summed E-state index contributed by atoms with van der Waals surface area (Å²) >= 11 is 0. The van der Waals surface area contributed by atoms with Gasteiger partial charge in [0.05, 0.1) is 49.9 Å². The number of para-hydroxylation sites is 2. The number of fused-ring (bicyclic) bond motifs is 27. The molecule has 2 spiro atoms. The van der Waals surface area contributed by atoms with Crippen LogP contribution in [0, 0.1) is 0 Å². The minimum absolute atomic E-state index is 0.00297. The summed E-state index contributed by atoms with van der Waals surface area (Å²) in [5, 5.41) is -0.00595. The zero-order valence-electron chi connectivity index (χ0n) is 66.3. The van der Waals surface area contributed by atoms with Crippen molar-refractivity contribution >= 4 is 79.0 Å². The molecule has 0 unspecified atom stereocenters. The maximum atomic E-state index is 10.2.